The van der Waals surface area contributed by atoms with E-state index in [0.29, 0.717) is 22.4 Å². The molecule has 1 aromatic carbocycles. The molecule has 1 atom stereocenters. The van der Waals surface area contributed by atoms with Crippen LogP contribution < -0.4 is 10.2 Å². The fourth-order valence-electron chi connectivity index (χ4n) is 3.74. The number of aromatic nitrogens is 2. The van der Waals surface area contributed by atoms with E-state index < -0.39 is 0 Å². The zero-order chi connectivity index (χ0) is 21.3. The predicted octanol–water partition coefficient (Wildman–Crippen LogP) is 3.98. The third-order valence-electron chi connectivity index (χ3n) is 5.59. The van der Waals surface area contributed by atoms with Crippen molar-refractivity contribution in [3.63, 3.8) is 0 Å². The fraction of sp³-hybridized carbons (Fsp3) is 0.435. The third kappa shape index (κ3) is 4.03. The lowest BCUT2D eigenvalue weighted by molar-refractivity contribution is 0.0941. The smallest absolute Gasteiger partial charge is 0.259 e. The first kappa shape index (κ1) is 20.3. The molecule has 1 N–H and O–H groups in total. The summed E-state index contributed by atoms with van der Waals surface area (Å²) in [6.45, 7) is 11.2. The minimum Gasteiger partial charge on any atom is -0.378 e. The molecule has 7 nitrogen and oxygen atoms in total. The number of hydrogen-bond acceptors (Lipinski definition) is 6. The summed E-state index contributed by atoms with van der Waals surface area (Å²) in [4.78, 5) is 20.0. The number of anilines is 1. The van der Waals surface area contributed by atoms with Gasteiger partial charge < -0.3 is 19.5 Å². The van der Waals surface area contributed by atoms with Crippen LogP contribution in [0.3, 0.4) is 0 Å². The molecule has 0 saturated carbocycles. The van der Waals surface area contributed by atoms with Gasteiger partial charge in [0.2, 0.25) is 0 Å². The number of ether oxygens (including phenoxy) is 1. The topological polar surface area (TPSA) is 80.5 Å². The molecular weight excluding hydrogens is 380 g/mol. The zero-order valence-electron chi connectivity index (χ0n) is 17.9. The van der Waals surface area contributed by atoms with Crippen molar-refractivity contribution in [3.05, 3.63) is 52.8 Å². The number of nitrogens with one attached hydrogen (secondary N) is 1. The highest BCUT2D eigenvalue weighted by atomic mass is 16.5. The van der Waals surface area contributed by atoms with Crippen molar-refractivity contribution in [2.75, 3.05) is 31.2 Å². The summed E-state index contributed by atoms with van der Waals surface area (Å²) in [6.07, 6.45) is 0. The number of carbonyl (C=O) groups is 1. The van der Waals surface area contributed by atoms with Gasteiger partial charge in [-0.15, -0.1) is 0 Å². The van der Waals surface area contributed by atoms with Crippen LogP contribution >= 0.6 is 0 Å². The first-order valence-electron chi connectivity index (χ1n) is 10.4. The lowest BCUT2D eigenvalue weighted by Gasteiger charge is -2.29. The van der Waals surface area contributed by atoms with Gasteiger partial charge in [-0.2, -0.15) is 0 Å². The molecule has 1 aliphatic rings. The van der Waals surface area contributed by atoms with Gasteiger partial charge in [0.1, 0.15) is 0 Å². The SMILES string of the molecule is Cc1noc2nc(C(C)C)cc(C(=O)NC(C)c3ccc(N4CCOCC4)cc3)c12. The van der Waals surface area contributed by atoms with Crippen molar-refractivity contribution in [1.82, 2.24) is 15.5 Å². The van der Waals surface area contributed by atoms with Gasteiger partial charge in [0.25, 0.3) is 11.6 Å². The molecule has 1 aliphatic heterocycles. The summed E-state index contributed by atoms with van der Waals surface area (Å²) < 4.78 is 10.8. The van der Waals surface area contributed by atoms with Gasteiger partial charge in [-0.25, -0.2) is 4.98 Å². The normalized spacial score (nSPS) is 15.6. The van der Waals surface area contributed by atoms with Gasteiger partial charge in [-0.1, -0.05) is 31.1 Å². The molecule has 30 heavy (non-hydrogen) atoms. The van der Waals surface area contributed by atoms with Crippen LogP contribution in [0.25, 0.3) is 11.1 Å². The minimum absolute atomic E-state index is 0.137. The van der Waals surface area contributed by atoms with Crippen molar-refractivity contribution in [1.29, 1.82) is 0 Å². The zero-order valence-corrected chi connectivity index (χ0v) is 17.9. The number of nitrogens with zero attached hydrogens (tertiary/aromatic N) is 3. The Morgan fingerprint density at radius 2 is 1.83 bits per heavy atom. The molecular formula is C23H28N4O3. The lowest BCUT2D eigenvalue weighted by atomic mass is 10.0. The maximum Gasteiger partial charge on any atom is 0.259 e. The highest BCUT2D eigenvalue weighted by molar-refractivity contribution is 6.06. The minimum atomic E-state index is -0.152. The number of morpholine rings is 1. The van der Waals surface area contributed by atoms with E-state index in [1.54, 1.807) is 0 Å². The molecule has 3 aromatic rings. The van der Waals surface area contributed by atoms with Crippen LogP contribution in [-0.2, 0) is 4.74 Å². The molecule has 3 heterocycles. The molecule has 4 rings (SSSR count). The van der Waals surface area contributed by atoms with Crippen LogP contribution in [0.5, 0.6) is 0 Å². The van der Waals surface area contributed by atoms with Crippen LogP contribution in [0.4, 0.5) is 5.69 Å². The lowest BCUT2D eigenvalue weighted by Crippen LogP contribution is -2.36. The number of aryl methyl sites for hydroxylation is 1. The molecule has 158 valence electrons. The van der Waals surface area contributed by atoms with Gasteiger partial charge in [-0.3, -0.25) is 4.79 Å². The van der Waals surface area contributed by atoms with Crippen LogP contribution in [-0.4, -0.2) is 42.4 Å². The molecule has 7 heteroatoms. The van der Waals surface area contributed by atoms with Gasteiger partial charge in [-0.05, 0) is 43.5 Å². The van der Waals surface area contributed by atoms with Gasteiger partial charge >= 0.3 is 0 Å². The Morgan fingerprint density at radius 3 is 2.50 bits per heavy atom. The summed E-state index contributed by atoms with van der Waals surface area (Å²) in [7, 11) is 0. The number of hydrogen-bond donors (Lipinski definition) is 1. The van der Waals surface area contributed by atoms with E-state index in [1.807, 2.05) is 33.8 Å². The quantitative estimate of drug-likeness (QED) is 0.688. The first-order valence-corrected chi connectivity index (χ1v) is 10.4. The average molecular weight is 409 g/mol. The molecule has 0 bridgehead atoms. The van der Waals surface area contributed by atoms with Crippen LogP contribution in [0.15, 0.2) is 34.9 Å². The van der Waals surface area contributed by atoms with E-state index in [-0.39, 0.29) is 17.9 Å². The molecule has 2 aromatic heterocycles. The van der Waals surface area contributed by atoms with Gasteiger partial charge in [0.15, 0.2) is 0 Å². The Labute approximate surface area is 176 Å². The Bertz CT molecular complexity index is 1040. The number of benzene rings is 1. The third-order valence-corrected chi connectivity index (χ3v) is 5.59. The van der Waals surface area contributed by atoms with Crippen molar-refractivity contribution in [2.45, 2.75) is 39.7 Å². The maximum atomic E-state index is 13.2. The van der Waals surface area contributed by atoms with E-state index in [2.05, 4.69) is 44.6 Å². The number of fused-ring (bicyclic) bond motifs is 1. The highest BCUT2D eigenvalue weighted by Gasteiger charge is 2.21. The highest BCUT2D eigenvalue weighted by Crippen LogP contribution is 2.26. The summed E-state index contributed by atoms with van der Waals surface area (Å²) in [5.41, 5.74) is 4.67. The van der Waals surface area contributed by atoms with Gasteiger partial charge in [0.05, 0.1) is 35.9 Å². The molecule has 1 fully saturated rings. The average Bonchev–Trinajstić information content (AvgIpc) is 3.14. The summed E-state index contributed by atoms with van der Waals surface area (Å²) in [5.74, 6) is 0.0249. The van der Waals surface area contributed by atoms with Crippen molar-refractivity contribution < 1.29 is 14.1 Å². The maximum absolute atomic E-state index is 13.2. The van der Waals surface area contributed by atoms with Crippen LogP contribution in [0.1, 0.15) is 60.0 Å². The monoisotopic (exact) mass is 408 g/mol. The first-order chi connectivity index (χ1) is 14.4. The fourth-order valence-corrected chi connectivity index (χ4v) is 3.74. The molecule has 1 amide bonds. The van der Waals surface area contributed by atoms with Crippen molar-refractivity contribution in [3.8, 4) is 0 Å². The predicted molar refractivity (Wildman–Crippen MR) is 116 cm³/mol. The molecule has 0 aliphatic carbocycles. The van der Waals surface area contributed by atoms with E-state index in [1.165, 1.54) is 5.69 Å². The Hall–Kier alpha value is -2.93. The summed E-state index contributed by atoms with van der Waals surface area (Å²) in [5, 5.41) is 7.79. The largest absolute Gasteiger partial charge is 0.378 e. The number of pyridine rings is 1. The Morgan fingerprint density at radius 1 is 1.13 bits per heavy atom. The second-order valence-electron chi connectivity index (χ2n) is 8.08. The molecule has 0 radical (unpaired) electrons. The van der Waals surface area contributed by atoms with Crippen LogP contribution in [0.2, 0.25) is 0 Å². The summed E-state index contributed by atoms with van der Waals surface area (Å²) in [6, 6.07) is 10.1. The number of amides is 1. The van der Waals surface area contributed by atoms with Gasteiger partial charge in [0, 0.05) is 24.5 Å². The second kappa shape index (κ2) is 8.44. The molecule has 1 unspecified atom stereocenters. The van der Waals surface area contributed by atoms with E-state index in [9.17, 15) is 4.79 Å². The molecule has 1 saturated heterocycles. The number of rotatable bonds is 5. The van der Waals surface area contributed by atoms with E-state index in [0.717, 1.165) is 37.6 Å². The van der Waals surface area contributed by atoms with Crippen LogP contribution in [0, 0.1) is 6.92 Å². The summed E-state index contributed by atoms with van der Waals surface area (Å²) >= 11 is 0. The Kier molecular flexibility index (Phi) is 5.72. The second-order valence-corrected chi connectivity index (χ2v) is 8.08. The number of carbonyl (C=O) groups excluding carboxylic acids is 1. The van der Waals surface area contributed by atoms with E-state index in [4.69, 9.17) is 9.26 Å². The van der Waals surface area contributed by atoms with E-state index >= 15 is 0 Å². The van der Waals surface area contributed by atoms with Crippen molar-refractivity contribution >= 4 is 22.7 Å². The molecule has 0 spiro atoms. The standard InChI is InChI=1S/C23H28N4O3/c1-14(2)20-13-19(21-16(4)26-30-23(21)25-20)22(28)24-15(3)17-5-7-18(8-6-17)27-9-11-29-12-10-27/h5-8,13-15H,9-12H2,1-4H3,(H,24,28). The Balaban J connectivity index is 1.54. The van der Waals surface area contributed by atoms with Crippen molar-refractivity contribution in [2.24, 2.45) is 0 Å².